The van der Waals surface area contributed by atoms with Gasteiger partial charge in [-0.15, -0.1) is 0 Å². The molecule has 0 saturated carbocycles. The molecule has 3 amide bonds. The molecule has 6 aliphatic rings. The number of anilines is 1. The van der Waals surface area contributed by atoms with Crippen LogP contribution in [-0.4, -0.2) is 145 Å². The molecule has 1 fully saturated rings. The fraction of sp³-hybridized carbons (Fsp3) is 0.541. The molecule has 5 atom stereocenters. The molecule has 1 aromatic heterocycles. The van der Waals surface area contributed by atoms with E-state index >= 15 is 0 Å². The number of carbonyl (C=O) groups is 3. The number of unbranched alkanes of at least 4 members (excludes halogenated alkanes) is 6. The number of aromatic amines is 1. The second kappa shape index (κ2) is 31.6. The fourth-order valence-electron chi connectivity index (χ4n) is 13.4. The highest BCUT2D eigenvalue weighted by atomic mass is 32.2. The van der Waals surface area contributed by atoms with E-state index in [1.165, 1.54) is 35.3 Å². The van der Waals surface area contributed by atoms with E-state index in [1.54, 1.807) is 0 Å². The monoisotopic (exact) mass is 1450 g/mol. The van der Waals surface area contributed by atoms with Gasteiger partial charge in [0.1, 0.15) is 41.8 Å². The summed E-state index contributed by atoms with van der Waals surface area (Å²) in [6.07, 6.45) is 12.6. The number of phosphoric acid groups is 3. The first-order valence-corrected chi connectivity index (χ1v) is 40.0. The Hall–Kier alpha value is -6.09. The van der Waals surface area contributed by atoms with Crippen LogP contribution < -0.4 is 56.7 Å². The number of hydrogen-bond acceptors (Lipinski definition) is 19. The average Bonchev–Trinajstić information content (AvgIpc) is 1.23. The minimum Gasteiger partial charge on any atom is -0.455 e. The number of hydrogen-bond donors (Lipinski definition) is 11. The Morgan fingerprint density at radius 3 is 2.02 bits per heavy atom. The van der Waals surface area contributed by atoms with Crippen molar-refractivity contribution in [3.63, 3.8) is 0 Å². The molecule has 2 unspecified atom stereocenters. The number of aryl methyl sites for hydroxylation is 2. The third-order valence-corrected chi connectivity index (χ3v) is 23.9. The van der Waals surface area contributed by atoms with Crippen molar-refractivity contribution in [2.45, 2.75) is 163 Å². The van der Waals surface area contributed by atoms with Crippen molar-refractivity contribution in [2.24, 2.45) is 0 Å². The van der Waals surface area contributed by atoms with Gasteiger partial charge in [-0.1, -0.05) is 37.5 Å². The topological polar surface area (TPSA) is 447 Å². The number of phosphoric ester groups is 1. The van der Waals surface area contributed by atoms with Crippen LogP contribution in [0.4, 0.5) is 5.69 Å². The van der Waals surface area contributed by atoms with Crippen LogP contribution in [0.15, 0.2) is 62.0 Å². The maximum atomic E-state index is 13.8. The highest BCUT2D eigenvalue weighted by Crippen LogP contribution is 2.66. The number of amides is 3. The van der Waals surface area contributed by atoms with Crippen LogP contribution in [0.3, 0.4) is 0 Å². The van der Waals surface area contributed by atoms with E-state index in [9.17, 15) is 73.9 Å². The lowest BCUT2D eigenvalue weighted by atomic mass is 9.82. The number of aliphatic hydroxyl groups excluding tert-OH is 1. The molecule has 530 valence electrons. The molecule has 0 radical (unpaired) electrons. The fourth-order valence-corrected chi connectivity index (χ4v) is 18.3. The van der Waals surface area contributed by atoms with Crippen molar-refractivity contribution >= 4 is 78.7 Å². The van der Waals surface area contributed by atoms with Gasteiger partial charge in [-0.25, -0.2) is 36.2 Å². The first-order valence-electron chi connectivity index (χ1n) is 32.5. The Balaban J connectivity index is 0.592. The van der Waals surface area contributed by atoms with E-state index in [1.807, 2.05) is 0 Å². The normalized spacial score (nSPS) is 19.4. The number of nitrogens with one attached hydrogen (secondary N) is 5. The lowest BCUT2D eigenvalue weighted by Crippen LogP contribution is -2.45. The first kappa shape index (κ1) is 73.6. The zero-order chi connectivity index (χ0) is 69.5. The van der Waals surface area contributed by atoms with Crippen molar-refractivity contribution in [3.8, 4) is 11.5 Å². The number of ether oxygens (including phenoxy) is 2. The number of carbonyl (C=O) groups excluding carboxylic acids is 3. The standard InChI is InChI=1S/C61H81N8O23P3S2/c70-48-36-54(89-49(48)38-88-94(79,80)92-95(81,82)91-93(76,77)78)69-37-41(60(74)66-61(69)75)15-10-27-64-53(73)21-5-2-8-25-62-51(71)20-4-1-7-26-63-52(72)22-6-3-9-28-65-96(83,84)42-23-24-43(50(35-42)97(85,86)87)55-46-33-39-16-11-29-67-31-13-18-44(56(39)67)58(46)90-59-45-19-14-32-68-30-12-17-40(57(45)68)34-47(55)59/h10,15,23-24,33-35,37,48-49,54,65,70H,1-9,11-14,16-22,25-32,36,38H2,(H8-,62,63,64,66,71,72,73,74,75,76,77,78,79,80,81,82,85,86,87)/p+1/b15-10+/t48-,49+,54+/m0/s1. The molecular weight excluding hydrogens is 1370 g/mol. The summed E-state index contributed by atoms with van der Waals surface area (Å²) in [5.41, 5.74) is 5.46. The molecule has 3 aromatic carbocycles. The maximum Gasteiger partial charge on any atom is 0.490 e. The van der Waals surface area contributed by atoms with Crippen molar-refractivity contribution in [2.75, 3.05) is 63.9 Å². The molecule has 31 nitrogen and oxygen atoms in total. The van der Waals surface area contributed by atoms with E-state index in [4.69, 9.17) is 19.3 Å². The number of H-pyrrole nitrogens is 1. The van der Waals surface area contributed by atoms with E-state index in [0.717, 1.165) is 127 Å². The summed E-state index contributed by atoms with van der Waals surface area (Å²) in [6, 6.07) is 8.16. The minimum atomic E-state index is -5.80. The summed E-state index contributed by atoms with van der Waals surface area (Å²) < 4.78 is 131. The molecule has 1 saturated heterocycles. The molecule has 11 N–H and O–H groups in total. The third kappa shape index (κ3) is 18.9. The lowest BCUT2D eigenvalue weighted by molar-refractivity contribution is -0.122. The lowest BCUT2D eigenvalue weighted by Gasteiger charge is -2.39. The summed E-state index contributed by atoms with van der Waals surface area (Å²) in [6.45, 7) is 3.72. The van der Waals surface area contributed by atoms with E-state index < -0.39 is 84.8 Å². The van der Waals surface area contributed by atoms with Crippen LogP contribution >= 0.6 is 23.5 Å². The molecular formula is C61H82N8O23P3S2+. The van der Waals surface area contributed by atoms with Gasteiger partial charge >= 0.3 is 29.2 Å². The number of nitrogens with zero attached hydrogens (tertiary/aromatic N) is 3. The summed E-state index contributed by atoms with van der Waals surface area (Å²) in [5.74, 6) is 0.846. The number of sulfonamides is 1. The molecule has 7 heterocycles. The molecule has 0 bridgehead atoms. The van der Waals surface area contributed by atoms with E-state index in [2.05, 4.69) is 60.4 Å². The molecule has 0 spiro atoms. The summed E-state index contributed by atoms with van der Waals surface area (Å²) in [5, 5.41) is 20.8. The van der Waals surface area contributed by atoms with Gasteiger partial charge in [0.25, 0.3) is 15.7 Å². The zero-order valence-electron chi connectivity index (χ0n) is 53.2. The smallest absolute Gasteiger partial charge is 0.455 e. The molecule has 0 aliphatic carbocycles. The Bertz CT molecular complexity index is 4360. The van der Waals surface area contributed by atoms with Gasteiger partial charge in [0.15, 0.2) is 0 Å². The first-order chi connectivity index (χ1) is 46.0. The van der Waals surface area contributed by atoms with Gasteiger partial charge in [-0.05, 0) is 107 Å². The molecule has 10 rings (SSSR count). The number of aromatic nitrogens is 2. The van der Waals surface area contributed by atoms with E-state index in [0.29, 0.717) is 94.4 Å². The number of fused-ring (bicyclic) bond motifs is 4. The van der Waals surface area contributed by atoms with Crippen molar-refractivity contribution < 1.29 is 96.8 Å². The van der Waals surface area contributed by atoms with Gasteiger partial charge in [0.05, 0.1) is 28.7 Å². The van der Waals surface area contributed by atoms with Crippen molar-refractivity contribution in [3.05, 3.63) is 113 Å². The third-order valence-electron chi connectivity index (χ3n) is 17.7. The predicted octanol–water partition coefficient (Wildman–Crippen LogP) is 3.23. The van der Waals surface area contributed by atoms with Gasteiger partial charge in [0.2, 0.25) is 33.1 Å². The Kier molecular flexibility index (Phi) is 24.0. The SMILES string of the molecule is O=C(CCCCCNC(=O)CCCCCNC(=O)CCCCCNS(=O)(=O)c1ccc(C2=c3cc4c5c(c3Oc3c2cc2c6c3CCCN6CCC2)CCC[N+]=5CCC4)c(S(=O)(=O)O)c1)NC/C=C/c1cn([C@H]2C[C@H](O)[C@@H](COP(=O)(O)OP(=O)(O)OP(=O)(O)O)O2)c(=O)[nH]c1=O. The van der Waals surface area contributed by atoms with Gasteiger partial charge < -0.3 is 55.0 Å². The number of benzene rings is 3. The minimum absolute atomic E-state index is 0.0119. The summed E-state index contributed by atoms with van der Waals surface area (Å²) in [7, 11) is -26.2. The second-order valence-electron chi connectivity index (χ2n) is 24.8. The summed E-state index contributed by atoms with van der Waals surface area (Å²) >= 11 is 0. The van der Waals surface area contributed by atoms with Crippen molar-refractivity contribution in [1.29, 1.82) is 0 Å². The largest absolute Gasteiger partial charge is 0.490 e. The van der Waals surface area contributed by atoms with Gasteiger partial charge in [-0.3, -0.25) is 37.8 Å². The summed E-state index contributed by atoms with van der Waals surface area (Å²) in [4.78, 5) is 103. The number of aliphatic hydroxyl groups is 1. The van der Waals surface area contributed by atoms with Crippen molar-refractivity contribution in [1.82, 2.24) is 34.8 Å². The van der Waals surface area contributed by atoms with Crippen LogP contribution in [0.5, 0.6) is 11.5 Å². The second-order valence-corrected chi connectivity index (χ2v) is 32.4. The molecule has 97 heavy (non-hydrogen) atoms. The van der Waals surface area contributed by atoms with Crippen LogP contribution in [0, 0.1) is 0 Å². The van der Waals surface area contributed by atoms with E-state index in [-0.39, 0.29) is 66.1 Å². The quantitative estimate of drug-likeness (QED) is 0.0124. The van der Waals surface area contributed by atoms with Crippen LogP contribution in [0.2, 0.25) is 0 Å². The zero-order valence-corrected chi connectivity index (χ0v) is 57.5. The van der Waals surface area contributed by atoms with Crippen LogP contribution in [-0.2, 0) is 91.8 Å². The molecule has 36 heteroatoms. The Morgan fingerprint density at radius 2 is 1.35 bits per heavy atom. The number of rotatable bonds is 33. The molecule has 4 aromatic rings. The average molecular weight is 1450 g/mol. The maximum absolute atomic E-state index is 13.8. The Morgan fingerprint density at radius 1 is 0.722 bits per heavy atom. The predicted molar refractivity (Wildman–Crippen MR) is 351 cm³/mol. The van der Waals surface area contributed by atoms with Gasteiger partial charge in [-0.2, -0.15) is 17.0 Å². The Labute approximate surface area is 559 Å². The highest BCUT2D eigenvalue weighted by molar-refractivity contribution is 7.89. The molecule has 6 aliphatic heterocycles. The van der Waals surface area contributed by atoms with Crippen LogP contribution in [0.1, 0.15) is 154 Å². The van der Waals surface area contributed by atoms with Gasteiger partial charge in [0, 0.05) is 123 Å². The highest BCUT2D eigenvalue weighted by Gasteiger charge is 2.44. The van der Waals surface area contributed by atoms with Crippen LogP contribution in [0.25, 0.3) is 11.6 Å².